The van der Waals surface area contributed by atoms with Crippen molar-refractivity contribution in [3.63, 3.8) is 0 Å². The number of aliphatic hydroxyl groups is 1. The summed E-state index contributed by atoms with van der Waals surface area (Å²) in [5, 5.41) is 8.68. The standard InChI is InChI=1S/C10H6ClF7O/c11-6-2-1-4(12)3-5(6)7(19)8(9(13,14)15)10(16,17)18/h1-3,7-8,19H. The van der Waals surface area contributed by atoms with Crippen LogP contribution in [0.4, 0.5) is 30.7 Å². The fourth-order valence-electron chi connectivity index (χ4n) is 1.46. The van der Waals surface area contributed by atoms with E-state index in [4.69, 9.17) is 11.6 Å². The smallest absolute Gasteiger partial charge is 0.387 e. The summed E-state index contributed by atoms with van der Waals surface area (Å²) in [4.78, 5) is 0. The van der Waals surface area contributed by atoms with E-state index in [0.29, 0.717) is 6.07 Å². The van der Waals surface area contributed by atoms with Crippen molar-refractivity contribution in [1.82, 2.24) is 0 Å². The highest BCUT2D eigenvalue weighted by atomic mass is 35.5. The van der Waals surface area contributed by atoms with Gasteiger partial charge in [-0.3, -0.25) is 0 Å². The Labute approximate surface area is 107 Å². The van der Waals surface area contributed by atoms with E-state index in [1.165, 1.54) is 0 Å². The summed E-state index contributed by atoms with van der Waals surface area (Å²) < 4.78 is 87.0. The lowest BCUT2D eigenvalue weighted by Crippen LogP contribution is -2.41. The zero-order chi connectivity index (χ0) is 15.0. The van der Waals surface area contributed by atoms with E-state index in [-0.39, 0.29) is 0 Å². The third-order valence-electron chi connectivity index (χ3n) is 2.30. The quantitative estimate of drug-likeness (QED) is 0.810. The van der Waals surface area contributed by atoms with Crippen molar-refractivity contribution >= 4 is 11.6 Å². The molecule has 1 aromatic rings. The number of alkyl halides is 6. The minimum Gasteiger partial charge on any atom is -0.387 e. The maximum atomic E-state index is 12.8. The number of hydrogen-bond donors (Lipinski definition) is 1. The number of rotatable bonds is 2. The van der Waals surface area contributed by atoms with Gasteiger partial charge in [-0.15, -0.1) is 0 Å². The first-order valence-corrected chi connectivity index (χ1v) is 5.09. The van der Waals surface area contributed by atoms with Crippen LogP contribution in [0, 0.1) is 11.7 Å². The van der Waals surface area contributed by atoms with E-state index < -0.39 is 40.8 Å². The van der Waals surface area contributed by atoms with E-state index >= 15 is 0 Å². The topological polar surface area (TPSA) is 20.2 Å². The molecule has 0 spiro atoms. The summed E-state index contributed by atoms with van der Waals surface area (Å²) in [6.45, 7) is 0. The van der Waals surface area contributed by atoms with Crippen molar-refractivity contribution in [2.45, 2.75) is 18.5 Å². The van der Waals surface area contributed by atoms with E-state index in [9.17, 15) is 35.8 Å². The van der Waals surface area contributed by atoms with Gasteiger partial charge in [-0.05, 0) is 18.2 Å². The largest absolute Gasteiger partial charge is 0.403 e. The van der Waals surface area contributed by atoms with Crippen molar-refractivity contribution in [3.8, 4) is 0 Å². The van der Waals surface area contributed by atoms with Crippen LogP contribution in [0.15, 0.2) is 18.2 Å². The number of aliphatic hydroxyl groups excluding tert-OH is 1. The molecule has 0 aromatic heterocycles. The van der Waals surface area contributed by atoms with Crippen molar-refractivity contribution < 1.29 is 35.8 Å². The lowest BCUT2D eigenvalue weighted by atomic mass is 9.94. The summed E-state index contributed by atoms with van der Waals surface area (Å²) >= 11 is 5.37. The predicted molar refractivity (Wildman–Crippen MR) is 52.0 cm³/mol. The minimum atomic E-state index is -5.74. The third kappa shape index (κ3) is 3.73. The van der Waals surface area contributed by atoms with Gasteiger partial charge in [0.1, 0.15) is 11.9 Å². The minimum absolute atomic E-state index is 0.331. The summed E-state index contributed by atoms with van der Waals surface area (Å²) in [5.41, 5.74) is -0.971. The molecule has 0 aliphatic rings. The summed E-state index contributed by atoms with van der Waals surface area (Å²) in [7, 11) is 0. The Hall–Kier alpha value is -1.02. The molecule has 0 aliphatic heterocycles. The Bertz CT molecular complexity index is 440. The average Bonchev–Trinajstić information content (AvgIpc) is 2.17. The van der Waals surface area contributed by atoms with Crippen molar-refractivity contribution in [3.05, 3.63) is 34.6 Å². The first kappa shape index (κ1) is 16.0. The Morgan fingerprint density at radius 3 is 1.89 bits per heavy atom. The van der Waals surface area contributed by atoms with Crippen molar-refractivity contribution in [2.24, 2.45) is 5.92 Å². The number of hydrogen-bond acceptors (Lipinski definition) is 1. The van der Waals surface area contributed by atoms with Gasteiger partial charge in [0.25, 0.3) is 0 Å². The van der Waals surface area contributed by atoms with Gasteiger partial charge in [0, 0.05) is 10.6 Å². The van der Waals surface area contributed by atoms with Gasteiger partial charge in [-0.25, -0.2) is 4.39 Å². The first-order chi connectivity index (χ1) is 8.44. The fraction of sp³-hybridized carbons (Fsp3) is 0.400. The maximum absolute atomic E-state index is 12.8. The molecule has 1 rings (SSSR count). The molecule has 0 radical (unpaired) electrons. The molecule has 0 heterocycles. The molecule has 1 aromatic carbocycles. The van der Waals surface area contributed by atoms with Gasteiger partial charge in [0.2, 0.25) is 0 Å². The summed E-state index contributed by atoms with van der Waals surface area (Å²) in [5.74, 6) is -5.15. The van der Waals surface area contributed by atoms with Crippen LogP contribution in [0.2, 0.25) is 5.02 Å². The fourth-order valence-corrected chi connectivity index (χ4v) is 1.69. The monoisotopic (exact) mass is 310 g/mol. The first-order valence-electron chi connectivity index (χ1n) is 4.71. The molecule has 0 saturated heterocycles. The lowest BCUT2D eigenvalue weighted by molar-refractivity contribution is -0.307. The van der Waals surface area contributed by atoms with E-state index in [0.717, 1.165) is 12.1 Å². The van der Waals surface area contributed by atoms with Gasteiger partial charge < -0.3 is 5.11 Å². The molecule has 1 unspecified atom stereocenters. The van der Waals surface area contributed by atoms with Crippen LogP contribution < -0.4 is 0 Å². The molecule has 0 saturated carbocycles. The highest BCUT2D eigenvalue weighted by Gasteiger charge is 2.60. The van der Waals surface area contributed by atoms with E-state index in [2.05, 4.69) is 0 Å². The Kier molecular flexibility index (Phi) is 4.36. The normalized spacial score (nSPS) is 14.8. The molecule has 108 valence electrons. The van der Waals surface area contributed by atoms with E-state index in [1.807, 2.05) is 0 Å². The molecule has 0 fully saturated rings. The van der Waals surface area contributed by atoms with Crippen LogP contribution in [0.25, 0.3) is 0 Å². The van der Waals surface area contributed by atoms with Gasteiger partial charge in [-0.2, -0.15) is 26.3 Å². The van der Waals surface area contributed by atoms with Gasteiger partial charge >= 0.3 is 12.4 Å². The molecule has 0 aliphatic carbocycles. The van der Waals surface area contributed by atoms with Crippen LogP contribution in [0.5, 0.6) is 0 Å². The molecular formula is C10H6ClF7O. The number of halogens is 8. The highest BCUT2D eigenvalue weighted by molar-refractivity contribution is 6.31. The second-order valence-corrected chi connectivity index (χ2v) is 4.08. The SMILES string of the molecule is OC(c1cc(F)ccc1Cl)C(C(F)(F)F)C(F)(F)F. The van der Waals surface area contributed by atoms with Crippen LogP contribution in [0.1, 0.15) is 11.7 Å². The summed E-state index contributed by atoms with van der Waals surface area (Å²) in [6.07, 6.45) is -14.5. The van der Waals surface area contributed by atoms with Gasteiger partial charge in [-0.1, -0.05) is 11.6 Å². The molecule has 0 amide bonds. The van der Waals surface area contributed by atoms with Crippen LogP contribution in [-0.2, 0) is 0 Å². The molecule has 0 bridgehead atoms. The van der Waals surface area contributed by atoms with Crippen LogP contribution in [0.3, 0.4) is 0 Å². The molecule has 9 heteroatoms. The van der Waals surface area contributed by atoms with Crippen LogP contribution >= 0.6 is 11.6 Å². The van der Waals surface area contributed by atoms with Crippen molar-refractivity contribution in [2.75, 3.05) is 0 Å². The number of benzene rings is 1. The molecule has 1 N–H and O–H groups in total. The van der Waals surface area contributed by atoms with Gasteiger partial charge in [0.05, 0.1) is 0 Å². The lowest BCUT2D eigenvalue weighted by Gasteiger charge is -2.28. The highest BCUT2D eigenvalue weighted by Crippen LogP contribution is 2.47. The second-order valence-electron chi connectivity index (χ2n) is 3.67. The van der Waals surface area contributed by atoms with E-state index in [1.54, 1.807) is 0 Å². The Morgan fingerprint density at radius 2 is 1.47 bits per heavy atom. The van der Waals surface area contributed by atoms with Crippen molar-refractivity contribution in [1.29, 1.82) is 0 Å². The third-order valence-corrected chi connectivity index (χ3v) is 2.64. The molecule has 1 nitrogen and oxygen atoms in total. The molecular weight excluding hydrogens is 305 g/mol. The average molecular weight is 311 g/mol. The van der Waals surface area contributed by atoms with Crippen LogP contribution in [-0.4, -0.2) is 17.5 Å². The Morgan fingerprint density at radius 1 is 1.00 bits per heavy atom. The zero-order valence-corrected chi connectivity index (χ0v) is 9.61. The molecule has 19 heavy (non-hydrogen) atoms. The predicted octanol–water partition coefficient (Wildman–Crippen LogP) is 4.25. The zero-order valence-electron chi connectivity index (χ0n) is 8.86. The molecule has 1 atom stereocenters. The van der Waals surface area contributed by atoms with Gasteiger partial charge in [0.15, 0.2) is 5.92 Å². The maximum Gasteiger partial charge on any atom is 0.403 e. The second kappa shape index (κ2) is 5.16. The summed E-state index contributed by atoms with van der Waals surface area (Å²) in [6, 6.07) is 1.84. The Balaban J connectivity index is 3.28.